The fourth-order valence-corrected chi connectivity index (χ4v) is 4.90. The molecule has 156 valence electrons. The second-order valence-electron chi connectivity index (χ2n) is 7.86. The van der Waals surface area contributed by atoms with Gasteiger partial charge in [0.25, 0.3) is 5.91 Å². The van der Waals surface area contributed by atoms with Crippen LogP contribution in [0, 0.1) is 0 Å². The zero-order valence-electron chi connectivity index (χ0n) is 17.2. The number of piperidine rings is 1. The Morgan fingerprint density at radius 1 is 1.13 bits per heavy atom. The van der Waals surface area contributed by atoms with E-state index in [1.165, 1.54) is 0 Å². The average molecular weight is 423 g/mol. The molecular weight excluding hydrogens is 396 g/mol. The highest BCUT2D eigenvalue weighted by Crippen LogP contribution is 2.36. The molecule has 1 aliphatic rings. The molecule has 2 heterocycles. The number of nitrogens with zero attached hydrogens (tertiary/aromatic N) is 2. The topological polar surface area (TPSA) is 74.3 Å². The number of benzene rings is 2. The molecule has 7 heteroatoms. The third kappa shape index (κ3) is 4.46. The number of amides is 3. The predicted octanol–water partition coefficient (Wildman–Crippen LogP) is 5.19. The van der Waals surface area contributed by atoms with E-state index in [-0.39, 0.29) is 24.0 Å². The fraction of sp³-hybridized carbons (Fsp3) is 0.348. The molecule has 1 aliphatic heterocycles. The van der Waals surface area contributed by atoms with Crippen molar-refractivity contribution < 1.29 is 9.59 Å². The fourth-order valence-electron chi connectivity index (χ4n) is 3.79. The zero-order chi connectivity index (χ0) is 21.1. The van der Waals surface area contributed by atoms with Gasteiger partial charge in [0, 0.05) is 23.8 Å². The van der Waals surface area contributed by atoms with Gasteiger partial charge in [0.15, 0.2) is 0 Å². The number of urea groups is 1. The molecule has 0 spiro atoms. The first-order valence-electron chi connectivity index (χ1n) is 10.4. The second kappa shape index (κ2) is 8.83. The molecule has 1 aromatic heterocycles. The number of likely N-dealkylation sites (tertiary alicyclic amines) is 1. The highest BCUT2D eigenvalue weighted by molar-refractivity contribution is 7.18. The summed E-state index contributed by atoms with van der Waals surface area (Å²) in [5.74, 6) is -0.0214. The van der Waals surface area contributed by atoms with Crippen LogP contribution in [0.25, 0.3) is 10.2 Å². The Hall–Kier alpha value is -2.93. The van der Waals surface area contributed by atoms with Gasteiger partial charge in [0.2, 0.25) is 0 Å². The van der Waals surface area contributed by atoms with Gasteiger partial charge in [-0.25, -0.2) is 9.78 Å². The molecule has 1 fully saturated rings. The summed E-state index contributed by atoms with van der Waals surface area (Å²) in [5, 5.41) is 6.59. The van der Waals surface area contributed by atoms with Gasteiger partial charge in [-0.05, 0) is 63.4 Å². The summed E-state index contributed by atoms with van der Waals surface area (Å²) in [5.41, 5.74) is 2.16. The Bertz CT molecular complexity index is 1030. The molecule has 4 rings (SSSR count). The Kier molecular flexibility index (Phi) is 5.99. The van der Waals surface area contributed by atoms with Gasteiger partial charge < -0.3 is 15.5 Å². The lowest BCUT2D eigenvalue weighted by Gasteiger charge is -2.34. The molecule has 6 nitrogen and oxygen atoms in total. The van der Waals surface area contributed by atoms with Gasteiger partial charge >= 0.3 is 6.03 Å². The van der Waals surface area contributed by atoms with E-state index in [0.29, 0.717) is 17.8 Å². The first kappa shape index (κ1) is 20.3. The zero-order valence-corrected chi connectivity index (χ0v) is 18.0. The third-order valence-corrected chi connectivity index (χ3v) is 6.28. The lowest BCUT2D eigenvalue weighted by atomic mass is 10.0. The summed E-state index contributed by atoms with van der Waals surface area (Å²) >= 11 is 1.67. The molecule has 0 bridgehead atoms. The maximum absolute atomic E-state index is 13.4. The number of nitrogens with one attached hydrogen (secondary N) is 2. The largest absolute Gasteiger partial charge is 0.336 e. The van der Waals surface area contributed by atoms with Crippen LogP contribution in [0.5, 0.6) is 0 Å². The van der Waals surface area contributed by atoms with E-state index in [9.17, 15) is 9.59 Å². The Morgan fingerprint density at radius 3 is 2.77 bits per heavy atom. The summed E-state index contributed by atoms with van der Waals surface area (Å²) in [6, 6.07) is 15.0. The number of carbonyl (C=O) groups is 2. The van der Waals surface area contributed by atoms with Gasteiger partial charge in [-0.1, -0.05) is 18.2 Å². The van der Waals surface area contributed by atoms with Crippen LogP contribution < -0.4 is 10.6 Å². The lowest BCUT2D eigenvalue weighted by Crippen LogP contribution is -2.38. The molecule has 1 atom stereocenters. The minimum atomic E-state index is -0.278. The van der Waals surface area contributed by atoms with E-state index in [0.717, 1.165) is 34.5 Å². The summed E-state index contributed by atoms with van der Waals surface area (Å²) in [6.07, 6.45) is 2.99. The quantitative estimate of drug-likeness (QED) is 0.607. The summed E-state index contributed by atoms with van der Waals surface area (Å²) < 4.78 is 1.15. The molecular formula is C23H26N4O2S. The first-order chi connectivity index (χ1) is 14.5. The molecule has 0 aliphatic carbocycles. The summed E-state index contributed by atoms with van der Waals surface area (Å²) in [4.78, 5) is 32.1. The standard InChI is InChI=1S/C23H26N4O2S/c1-15(2)24-23(29)25-17-9-7-8-16(14-17)22(28)27-13-6-5-11-19(27)21-26-18-10-3-4-12-20(18)30-21/h3-4,7-10,12,14-15,19H,5-6,11,13H2,1-2H3,(H2,24,25,29). The highest BCUT2D eigenvalue weighted by atomic mass is 32.1. The molecule has 3 amide bonds. The molecule has 3 aromatic rings. The van der Waals surface area contributed by atoms with Crippen molar-refractivity contribution in [2.75, 3.05) is 11.9 Å². The molecule has 30 heavy (non-hydrogen) atoms. The predicted molar refractivity (Wildman–Crippen MR) is 121 cm³/mol. The van der Waals surface area contributed by atoms with Crippen LogP contribution in [0.1, 0.15) is 54.5 Å². The van der Waals surface area contributed by atoms with Crippen LogP contribution in [0.15, 0.2) is 48.5 Å². The van der Waals surface area contributed by atoms with Crippen LogP contribution >= 0.6 is 11.3 Å². The first-order valence-corrected chi connectivity index (χ1v) is 11.2. The minimum Gasteiger partial charge on any atom is -0.336 e. The number of aromatic nitrogens is 1. The van der Waals surface area contributed by atoms with Gasteiger partial charge in [-0.3, -0.25) is 4.79 Å². The number of para-hydroxylation sites is 1. The maximum Gasteiger partial charge on any atom is 0.319 e. The number of carbonyl (C=O) groups excluding carboxylic acids is 2. The van der Waals surface area contributed by atoms with Crippen molar-refractivity contribution in [3.63, 3.8) is 0 Å². The molecule has 2 aromatic carbocycles. The Labute approximate surface area is 180 Å². The summed E-state index contributed by atoms with van der Waals surface area (Å²) in [7, 11) is 0. The number of anilines is 1. The van der Waals surface area contributed by atoms with Crippen molar-refractivity contribution in [3.8, 4) is 0 Å². The lowest BCUT2D eigenvalue weighted by molar-refractivity contribution is 0.0611. The Balaban J connectivity index is 1.56. The van der Waals surface area contributed by atoms with E-state index < -0.39 is 0 Å². The van der Waals surface area contributed by atoms with Crippen LogP contribution in [-0.4, -0.2) is 34.4 Å². The van der Waals surface area contributed by atoms with Crippen molar-refractivity contribution >= 4 is 39.2 Å². The van der Waals surface area contributed by atoms with Crippen LogP contribution in [0.2, 0.25) is 0 Å². The molecule has 1 unspecified atom stereocenters. The summed E-state index contributed by atoms with van der Waals surface area (Å²) in [6.45, 7) is 4.51. The van der Waals surface area contributed by atoms with E-state index in [1.807, 2.05) is 36.9 Å². The number of rotatable bonds is 4. The monoisotopic (exact) mass is 422 g/mol. The average Bonchev–Trinajstić information content (AvgIpc) is 3.17. The molecule has 2 N–H and O–H groups in total. The SMILES string of the molecule is CC(C)NC(=O)Nc1cccc(C(=O)N2CCCCC2c2nc3ccccc3s2)c1. The van der Waals surface area contributed by atoms with Gasteiger partial charge in [-0.15, -0.1) is 11.3 Å². The van der Waals surface area contributed by atoms with Crippen molar-refractivity contribution in [2.24, 2.45) is 0 Å². The minimum absolute atomic E-state index is 0.00972. The van der Waals surface area contributed by atoms with Gasteiger partial charge in [-0.2, -0.15) is 0 Å². The second-order valence-corrected chi connectivity index (χ2v) is 8.93. The number of thiazole rings is 1. The number of hydrogen-bond acceptors (Lipinski definition) is 4. The van der Waals surface area contributed by atoms with Gasteiger partial charge in [0.05, 0.1) is 16.3 Å². The van der Waals surface area contributed by atoms with Crippen molar-refractivity contribution in [3.05, 3.63) is 59.1 Å². The molecule has 0 saturated carbocycles. The van der Waals surface area contributed by atoms with E-state index in [1.54, 1.807) is 35.6 Å². The molecule has 1 saturated heterocycles. The highest BCUT2D eigenvalue weighted by Gasteiger charge is 2.31. The number of fused-ring (bicyclic) bond motifs is 1. The van der Waals surface area contributed by atoms with Crippen molar-refractivity contribution in [2.45, 2.75) is 45.2 Å². The normalized spacial score (nSPS) is 16.6. The molecule has 0 radical (unpaired) electrons. The van der Waals surface area contributed by atoms with Crippen LogP contribution in [-0.2, 0) is 0 Å². The number of hydrogen-bond donors (Lipinski definition) is 2. The van der Waals surface area contributed by atoms with Crippen LogP contribution in [0.3, 0.4) is 0 Å². The van der Waals surface area contributed by atoms with E-state index in [4.69, 9.17) is 4.98 Å². The smallest absolute Gasteiger partial charge is 0.319 e. The van der Waals surface area contributed by atoms with Gasteiger partial charge in [0.1, 0.15) is 5.01 Å². The van der Waals surface area contributed by atoms with E-state index >= 15 is 0 Å². The van der Waals surface area contributed by atoms with E-state index in [2.05, 4.69) is 16.7 Å². The third-order valence-electron chi connectivity index (χ3n) is 5.15. The van der Waals surface area contributed by atoms with Crippen molar-refractivity contribution in [1.82, 2.24) is 15.2 Å². The van der Waals surface area contributed by atoms with Crippen molar-refractivity contribution in [1.29, 1.82) is 0 Å². The van der Waals surface area contributed by atoms with Crippen LogP contribution in [0.4, 0.5) is 10.5 Å². The Morgan fingerprint density at radius 2 is 1.97 bits per heavy atom. The maximum atomic E-state index is 13.4.